The van der Waals surface area contributed by atoms with Crippen LogP contribution in [0.3, 0.4) is 0 Å². The molecule has 3 heterocycles. The number of nitrogens with zero attached hydrogens (tertiary/aromatic N) is 4. The van der Waals surface area contributed by atoms with Crippen LogP contribution in [0.15, 0.2) is 254 Å². The van der Waals surface area contributed by atoms with E-state index in [1.165, 1.54) is 0 Å². The Labute approximate surface area is 437 Å². The second kappa shape index (κ2) is 17.0. The van der Waals surface area contributed by atoms with Crippen molar-refractivity contribution in [3.63, 3.8) is 0 Å². The molecule has 0 spiro atoms. The maximum Gasteiger partial charge on any atom is 0.179 e. The smallest absolute Gasteiger partial charge is 0.179 e. The lowest BCUT2D eigenvalue weighted by atomic mass is 10.0. The largest absolute Gasteiger partial charge is 0.309 e. The minimum absolute atomic E-state index is 0.0149. The van der Waals surface area contributed by atoms with Crippen LogP contribution in [0.5, 0.6) is 0 Å². The van der Waals surface area contributed by atoms with E-state index in [0.717, 1.165) is 36.7 Å². The molecular weight excluding hydrogens is 873 g/mol. The van der Waals surface area contributed by atoms with Gasteiger partial charge in [-0.05, 0) is 68.1 Å². The standard InChI is InChI=1S/C63H42N4SSi/c1-4-18-47(19-5-1)69(48-20-6-2-7-21-48,49-22-8-3-9-23-49)50-39-36-45(37-40-50)62-64-61(44-34-32-43(33-35-44)46-38-41-54-53-26-13-17-31-59(53)68-60(54)42-46)65-63(66-62)55-27-12-16-30-58(55)67-56-28-14-10-24-51(56)52-25-11-15-29-57(52)67/h1-42H/i10D,11D,12D,13D,14D,15D,16D,17D,24D,25D,26D,27D,28D,29D,30D,31D,32D,33D,34D,35D,38D,41D,42D. The molecule has 0 N–H and O–H groups in total. The predicted octanol–water partition coefficient (Wildman–Crippen LogP) is 13.4. The number of aromatic nitrogens is 4. The summed E-state index contributed by atoms with van der Waals surface area (Å²) in [6, 6.07) is 19.7. The van der Waals surface area contributed by atoms with Crippen LogP contribution >= 0.6 is 11.3 Å². The highest BCUT2D eigenvalue weighted by Gasteiger charge is 2.41. The molecule has 0 saturated carbocycles. The first-order valence-electron chi connectivity index (χ1n) is 33.0. The van der Waals surface area contributed by atoms with E-state index in [1.807, 2.05) is 66.7 Å². The highest BCUT2D eigenvalue weighted by Crippen LogP contribution is 2.38. The van der Waals surface area contributed by atoms with Crippen LogP contribution in [0.1, 0.15) is 31.5 Å². The van der Waals surface area contributed by atoms with Crippen LogP contribution in [0.25, 0.3) is 93.0 Å². The molecule has 13 rings (SSSR count). The van der Waals surface area contributed by atoms with Gasteiger partial charge in [-0.15, -0.1) is 11.3 Å². The molecule has 0 unspecified atom stereocenters. The third-order valence-corrected chi connectivity index (χ3v) is 17.8. The molecular formula is C63H42N4SSi. The first-order valence-corrected chi connectivity index (χ1v) is 24.3. The number of rotatable bonds is 9. The van der Waals surface area contributed by atoms with Crippen LogP contribution in [-0.2, 0) is 0 Å². The lowest BCUT2D eigenvalue weighted by Gasteiger charge is -2.34. The van der Waals surface area contributed by atoms with Gasteiger partial charge in [-0.3, -0.25) is 0 Å². The molecule has 4 nitrogen and oxygen atoms in total. The van der Waals surface area contributed by atoms with Crippen molar-refractivity contribution < 1.29 is 31.5 Å². The molecule has 0 aliphatic carbocycles. The summed E-state index contributed by atoms with van der Waals surface area (Å²) >= 11 is 0.739. The van der Waals surface area contributed by atoms with E-state index in [9.17, 15) is 15.1 Å². The van der Waals surface area contributed by atoms with E-state index >= 15 is 0 Å². The molecule has 6 heteroatoms. The van der Waals surface area contributed by atoms with Gasteiger partial charge in [0, 0.05) is 47.6 Å². The summed E-state index contributed by atoms with van der Waals surface area (Å²) in [5.41, 5.74) is -3.88. The van der Waals surface area contributed by atoms with Gasteiger partial charge in [-0.1, -0.05) is 218 Å². The van der Waals surface area contributed by atoms with Gasteiger partial charge < -0.3 is 4.57 Å². The highest BCUT2D eigenvalue weighted by atomic mass is 32.1. The van der Waals surface area contributed by atoms with Crippen molar-refractivity contribution in [2.75, 3.05) is 0 Å². The third-order valence-electron chi connectivity index (χ3n) is 12.0. The van der Waals surface area contributed by atoms with Crippen molar-refractivity contribution in [2.24, 2.45) is 0 Å². The van der Waals surface area contributed by atoms with E-state index in [1.54, 1.807) is 12.1 Å². The van der Waals surface area contributed by atoms with Gasteiger partial charge in [0.25, 0.3) is 0 Å². The number of thiophene rings is 1. The zero-order valence-electron chi connectivity index (χ0n) is 58.7. The van der Waals surface area contributed by atoms with Crippen molar-refractivity contribution in [3.8, 4) is 51.0 Å². The lowest BCUT2D eigenvalue weighted by Crippen LogP contribution is -2.74. The number of fused-ring (bicyclic) bond motifs is 6. The zero-order chi connectivity index (χ0) is 65.7. The zero-order valence-corrected chi connectivity index (χ0v) is 37.5. The first-order chi connectivity index (χ1) is 43.8. The summed E-state index contributed by atoms with van der Waals surface area (Å²) < 4.78 is 211. The van der Waals surface area contributed by atoms with Crippen molar-refractivity contribution in [2.45, 2.75) is 0 Å². The van der Waals surface area contributed by atoms with E-state index < -0.39 is 208 Å². The summed E-state index contributed by atoms with van der Waals surface area (Å²) in [6.45, 7) is 0. The maximum absolute atomic E-state index is 9.72. The molecule has 0 saturated heterocycles. The molecule has 69 heavy (non-hydrogen) atoms. The Kier molecular flexibility index (Phi) is 5.76. The summed E-state index contributed by atoms with van der Waals surface area (Å²) in [6.07, 6.45) is 0. The Morgan fingerprint density at radius 2 is 0.826 bits per heavy atom. The Bertz CT molecular complexity index is 5180. The number of benzene rings is 10. The van der Waals surface area contributed by atoms with E-state index in [-0.39, 0.29) is 31.6 Å². The van der Waals surface area contributed by atoms with E-state index in [4.69, 9.17) is 31.4 Å². The molecule has 0 amide bonds. The van der Waals surface area contributed by atoms with Gasteiger partial charge in [0.2, 0.25) is 0 Å². The molecule has 0 radical (unpaired) electrons. The fourth-order valence-electron chi connectivity index (χ4n) is 8.91. The topological polar surface area (TPSA) is 43.6 Å². The molecule has 0 aliphatic heterocycles. The van der Waals surface area contributed by atoms with Crippen molar-refractivity contribution in [1.82, 2.24) is 19.5 Å². The molecule has 3 aromatic heterocycles. The van der Waals surface area contributed by atoms with Crippen LogP contribution in [0.2, 0.25) is 0 Å². The lowest BCUT2D eigenvalue weighted by molar-refractivity contribution is 1.06. The minimum Gasteiger partial charge on any atom is -0.309 e. The summed E-state index contributed by atoms with van der Waals surface area (Å²) in [7, 11) is -3.21. The van der Waals surface area contributed by atoms with Gasteiger partial charge in [0.15, 0.2) is 25.5 Å². The number of hydrogen-bond donors (Lipinski definition) is 0. The molecule has 0 bridgehead atoms. The van der Waals surface area contributed by atoms with Crippen molar-refractivity contribution in [1.29, 1.82) is 0 Å². The first kappa shape index (κ1) is 23.4. The van der Waals surface area contributed by atoms with Crippen molar-refractivity contribution >= 4 is 82.1 Å². The Morgan fingerprint density at radius 3 is 1.45 bits per heavy atom. The highest BCUT2D eigenvalue weighted by molar-refractivity contribution is 7.25. The minimum atomic E-state index is -3.21. The van der Waals surface area contributed by atoms with Gasteiger partial charge >= 0.3 is 0 Å². The van der Waals surface area contributed by atoms with E-state index in [2.05, 4.69) is 36.4 Å². The van der Waals surface area contributed by atoms with Crippen LogP contribution in [-0.4, -0.2) is 27.6 Å². The quantitative estimate of drug-likeness (QED) is 0.107. The van der Waals surface area contributed by atoms with Crippen LogP contribution in [0.4, 0.5) is 0 Å². The molecule has 324 valence electrons. The molecule has 0 aliphatic rings. The number of hydrogen-bond acceptors (Lipinski definition) is 4. The fraction of sp³-hybridized carbons (Fsp3) is 0. The molecule has 13 aromatic rings. The molecule has 0 atom stereocenters. The van der Waals surface area contributed by atoms with Gasteiger partial charge in [-0.2, -0.15) is 0 Å². The van der Waals surface area contributed by atoms with Gasteiger partial charge in [0.1, 0.15) is 0 Å². The van der Waals surface area contributed by atoms with Crippen molar-refractivity contribution in [3.05, 3.63) is 254 Å². The van der Waals surface area contributed by atoms with Crippen LogP contribution < -0.4 is 20.7 Å². The molecule has 10 aromatic carbocycles. The van der Waals surface area contributed by atoms with Gasteiger partial charge in [0.05, 0.1) is 48.2 Å². The second-order valence-electron chi connectivity index (χ2n) is 15.7. The third kappa shape index (κ3) is 6.91. The Morgan fingerprint density at radius 1 is 0.362 bits per heavy atom. The average molecular weight is 938 g/mol. The average Bonchev–Trinajstić information content (AvgIpc) is 1.50. The normalized spacial score (nSPS) is 16.4. The van der Waals surface area contributed by atoms with Crippen LogP contribution in [0, 0.1) is 0 Å². The Balaban J connectivity index is 1.13. The second-order valence-corrected chi connectivity index (χ2v) is 20.6. The predicted molar refractivity (Wildman–Crippen MR) is 292 cm³/mol. The SMILES string of the molecule is [2H]c1c([2H])c([2H])c(-n2c3c([2H])c([2H])c([2H])c([2H])c3c3c([2H])c([2H])c([2H])c([2H])c32)c(-c2nc(-c3ccc([Si](c4ccccc4)(c4ccccc4)c4ccccc4)cc3)nc(-c3c([2H])c([2H])c(-c4c([2H])c([2H])c5c(sc6c([2H])c([2H])c([2H])c([2H])c65)c4[2H])c([2H])c3[2H])n2)c1[2H]. The summed E-state index contributed by atoms with van der Waals surface area (Å²) in [4.78, 5) is 14.4. The molecule has 0 fully saturated rings. The Hall–Kier alpha value is -8.55. The summed E-state index contributed by atoms with van der Waals surface area (Å²) in [5.74, 6) is -1.57. The maximum atomic E-state index is 9.72. The number of para-hydroxylation sites is 3. The van der Waals surface area contributed by atoms with Gasteiger partial charge in [-0.25, -0.2) is 15.0 Å². The summed E-state index contributed by atoms with van der Waals surface area (Å²) in [5, 5.41) is 2.88. The van der Waals surface area contributed by atoms with E-state index in [0.29, 0.717) is 0 Å². The monoisotopic (exact) mass is 937 g/mol. The fourth-order valence-corrected chi connectivity index (χ4v) is 14.6.